The normalized spacial score (nSPS) is 15.7. The molecular formula is C29H42O2S3Si. The SMILES string of the molecule is CC[C@](O)(C#C[Si](C)(C)C)[C@@H](CC(Sc1ccc(C)cc1)Sc1ccc(C)cc1)[S@@](=O)C(C)(C)C. The molecule has 0 aromatic heterocycles. The summed E-state index contributed by atoms with van der Waals surface area (Å²) >= 11 is 3.56. The molecular weight excluding hydrogens is 505 g/mol. The van der Waals surface area contributed by atoms with Gasteiger partial charge in [0, 0.05) is 25.3 Å². The van der Waals surface area contributed by atoms with E-state index in [-0.39, 0.29) is 4.58 Å². The van der Waals surface area contributed by atoms with Crippen LogP contribution in [0.1, 0.15) is 51.7 Å². The van der Waals surface area contributed by atoms with E-state index in [1.54, 1.807) is 23.5 Å². The summed E-state index contributed by atoms with van der Waals surface area (Å²) in [5, 5.41) is 11.4. The molecule has 1 N–H and O–H groups in total. The molecule has 0 spiro atoms. The molecule has 0 fully saturated rings. The Morgan fingerprint density at radius 3 is 1.69 bits per heavy atom. The fourth-order valence-electron chi connectivity index (χ4n) is 3.41. The van der Waals surface area contributed by atoms with Gasteiger partial charge in [-0.25, -0.2) is 0 Å². The van der Waals surface area contributed by atoms with Crippen molar-refractivity contribution in [3.05, 3.63) is 59.7 Å². The standard InChI is InChI=1S/C29H42O2S3Si/c1-10-29(30,19-20-35(7,8)9)26(34(31)28(4,5)6)21-27(32-24-15-11-22(2)12-16-24)33-25-17-13-23(3)14-18-25/h11-18,26-27,30H,10,21H2,1-9H3/t26-,29+,34-/m1/s1. The largest absolute Gasteiger partial charge is 0.376 e. The Balaban J connectivity index is 2.50. The zero-order chi connectivity index (χ0) is 26.4. The lowest BCUT2D eigenvalue weighted by molar-refractivity contribution is 0.0909. The Morgan fingerprint density at radius 1 is 0.914 bits per heavy atom. The van der Waals surface area contributed by atoms with Gasteiger partial charge in [-0.2, -0.15) is 0 Å². The molecule has 0 amide bonds. The summed E-state index contributed by atoms with van der Waals surface area (Å²) in [5.41, 5.74) is 4.54. The molecule has 0 unspecified atom stereocenters. The highest BCUT2D eigenvalue weighted by atomic mass is 32.2. The average Bonchev–Trinajstić information content (AvgIpc) is 2.77. The predicted molar refractivity (Wildman–Crippen MR) is 161 cm³/mol. The molecule has 0 heterocycles. The number of thioether (sulfide) groups is 2. The van der Waals surface area contributed by atoms with Crippen molar-refractivity contribution < 1.29 is 9.32 Å². The van der Waals surface area contributed by atoms with Crippen LogP contribution < -0.4 is 0 Å². The van der Waals surface area contributed by atoms with E-state index in [1.807, 2.05) is 27.7 Å². The van der Waals surface area contributed by atoms with E-state index in [4.69, 9.17) is 0 Å². The lowest BCUT2D eigenvalue weighted by Gasteiger charge is -2.37. The van der Waals surface area contributed by atoms with Crippen LogP contribution in [0.15, 0.2) is 58.3 Å². The average molecular weight is 547 g/mol. The van der Waals surface area contributed by atoms with Crippen LogP contribution in [0, 0.1) is 25.3 Å². The van der Waals surface area contributed by atoms with Crippen molar-refractivity contribution in [2.24, 2.45) is 0 Å². The maximum absolute atomic E-state index is 13.9. The van der Waals surface area contributed by atoms with Gasteiger partial charge in [0.2, 0.25) is 0 Å². The molecule has 0 saturated heterocycles. The van der Waals surface area contributed by atoms with E-state index in [9.17, 15) is 9.32 Å². The molecule has 3 atom stereocenters. The van der Waals surface area contributed by atoms with E-state index < -0.39 is 34.5 Å². The molecule has 0 aliphatic carbocycles. The Hall–Kier alpha value is -0.973. The highest BCUT2D eigenvalue weighted by Crippen LogP contribution is 2.42. The zero-order valence-corrected chi connectivity index (χ0v) is 26.2. The van der Waals surface area contributed by atoms with Gasteiger partial charge in [-0.3, -0.25) is 4.21 Å². The highest BCUT2D eigenvalue weighted by molar-refractivity contribution is 8.17. The van der Waals surface area contributed by atoms with E-state index in [0.29, 0.717) is 12.8 Å². The van der Waals surface area contributed by atoms with Crippen LogP contribution in [-0.4, -0.2) is 37.6 Å². The topological polar surface area (TPSA) is 37.3 Å². The second-order valence-corrected chi connectivity index (χ2v) is 21.2. The summed E-state index contributed by atoms with van der Waals surface area (Å²) in [6, 6.07) is 17.1. The fraction of sp³-hybridized carbons (Fsp3) is 0.517. The van der Waals surface area contributed by atoms with Crippen LogP contribution in [-0.2, 0) is 10.8 Å². The highest BCUT2D eigenvalue weighted by Gasteiger charge is 2.43. The van der Waals surface area contributed by atoms with Crippen molar-refractivity contribution in [2.45, 2.75) is 104 Å². The first kappa shape index (κ1) is 30.3. The third kappa shape index (κ3) is 9.78. The van der Waals surface area contributed by atoms with Crippen molar-refractivity contribution in [3.8, 4) is 11.5 Å². The first-order chi connectivity index (χ1) is 16.1. The minimum Gasteiger partial charge on any atom is -0.376 e. The molecule has 0 saturated carbocycles. The molecule has 2 aromatic rings. The van der Waals surface area contributed by atoms with E-state index >= 15 is 0 Å². The number of hydrogen-bond acceptors (Lipinski definition) is 4. The quantitative estimate of drug-likeness (QED) is 0.150. The fourth-order valence-corrected chi connectivity index (χ4v) is 8.68. The van der Waals surface area contributed by atoms with Crippen LogP contribution in [0.5, 0.6) is 0 Å². The smallest absolute Gasteiger partial charge is 0.138 e. The third-order valence-corrected chi connectivity index (χ3v) is 11.3. The van der Waals surface area contributed by atoms with Gasteiger partial charge in [0.05, 0.1) is 9.83 Å². The maximum Gasteiger partial charge on any atom is 0.138 e. The van der Waals surface area contributed by atoms with Crippen LogP contribution >= 0.6 is 23.5 Å². The predicted octanol–water partition coefficient (Wildman–Crippen LogP) is 7.84. The van der Waals surface area contributed by atoms with Crippen molar-refractivity contribution in [1.29, 1.82) is 0 Å². The van der Waals surface area contributed by atoms with Crippen LogP contribution in [0.4, 0.5) is 0 Å². The second kappa shape index (κ2) is 12.5. The lowest BCUT2D eigenvalue weighted by atomic mass is 9.95. The van der Waals surface area contributed by atoms with E-state index in [1.165, 1.54) is 20.9 Å². The molecule has 2 rings (SSSR count). The van der Waals surface area contributed by atoms with Gasteiger partial charge in [0.25, 0.3) is 0 Å². The number of aryl methyl sites for hydroxylation is 2. The molecule has 0 radical (unpaired) electrons. The van der Waals surface area contributed by atoms with Crippen LogP contribution in [0.3, 0.4) is 0 Å². The van der Waals surface area contributed by atoms with Gasteiger partial charge >= 0.3 is 0 Å². The number of rotatable bonds is 9. The van der Waals surface area contributed by atoms with Crippen LogP contribution in [0.2, 0.25) is 19.6 Å². The van der Waals surface area contributed by atoms with Crippen LogP contribution in [0.25, 0.3) is 0 Å². The Bertz CT molecular complexity index is 994. The maximum atomic E-state index is 13.9. The zero-order valence-electron chi connectivity index (χ0n) is 22.8. The van der Waals surface area contributed by atoms with Gasteiger partial charge in [-0.05, 0) is 71.7 Å². The Kier molecular flexibility index (Phi) is 10.8. The summed E-state index contributed by atoms with van der Waals surface area (Å²) in [6.07, 6.45) is 1.04. The summed E-state index contributed by atoms with van der Waals surface area (Å²) in [4.78, 5) is 2.35. The van der Waals surface area contributed by atoms with E-state index in [0.717, 1.165) is 0 Å². The van der Waals surface area contributed by atoms with Gasteiger partial charge in [0.15, 0.2) is 0 Å². The van der Waals surface area contributed by atoms with Gasteiger partial charge in [-0.1, -0.05) is 67.9 Å². The second-order valence-electron chi connectivity index (χ2n) is 11.2. The van der Waals surface area contributed by atoms with Gasteiger partial charge in [-0.15, -0.1) is 29.1 Å². The summed E-state index contributed by atoms with van der Waals surface area (Å²) in [5.74, 6) is 3.24. The lowest BCUT2D eigenvalue weighted by Crippen LogP contribution is -2.49. The first-order valence-electron chi connectivity index (χ1n) is 12.3. The number of aliphatic hydroxyl groups is 1. The number of benzene rings is 2. The van der Waals surface area contributed by atoms with Gasteiger partial charge in [0.1, 0.15) is 13.7 Å². The minimum atomic E-state index is -1.71. The molecule has 0 bridgehead atoms. The van der Waals surface area contributed by atoms with E-state index in [2.05, 4.69) is 93.5 Å². The van der Waals surface area contributed by atoms with Crippen molar-refractivity contribution >= 4 is 42.4 Å². The first-order valence-corrected chi connectivity index (χ1v) is 18.7. The summed E-state index contributed by atoms with van der Waals surface area (Å²) in [7, 11) is -2.99. The number of hydrogen-bond donors (Lipinski definition) is 1. The summed E-state index contributed by atoms with van der Waals surface area (Å²) in [6.45, 7) is 18.6. The molecule has 2 nitrogen and oxygen atoms in total. The molecule has 0 aliphatic rings. The minimum absolute atomic E-state index is 0.0727. The van der Waals surface area contributed by atoms with Crippen molar-refractivity contribution in [3.63, 3.8) is 0 Å². The molecule has 0 aliphatic heterocycles. The van der Waals surface area contributed by atoms with Crippen molar-refractivity contribution in [1.82, 2.24) is 0 Å². The third-order valence-electron chi connectivity index (χ3n) is 5.57. The van der Waals surface area contributed by atoms with Gasteiger partial charge < -0.3 is 5.11 Å². The Morgan fingerprint density at radius 2 is 1.34 bits per heavy atom. The molecule has 6 heteroatoms. The summed E-state index contributed by atoms with van der Waals surface area (Å²) < 4.78 is 13.5. The monoisotopic (exact) mass is 546 g/mol. The molecule has 35 heavy (non-hydrogen) atoms. The Labute approximate surface area is 225 Å². The molecule has 192 valence electrons. The van der Waals surface area contributed by atoms with Crippen molar-refractivity contribution in [2.75, 3.05) is 0 Å². The molecule has 2 aromatic carbocycles.